The number of nitrogens with one attached hydrogen (secondary N) is 1. The molecule has 0 saturated heterocycles. The van der Waals surface area contributed by atoms with Gasteiger partial charge in [-0.25, -0.2) is 0 Å². The minimum Gasteiger partial charge on any atom is -0.489 e. The van der Waals surface area contributed by atoms with Crippen molar-refractivity contribution in [1.29, 1.82) is 0 Å². The van der Waals surface area contributed by atoms with Gasteiger partial charge < -0.3 is 20.3 Å². The lowest BCUT2D eigenvalue weighted by atomic mass is 10.2. The molecule has 0 saturated carbocycles. The molecule has 4 nitrogen and oxygen atoms in total. The first-order valence-electron chi connectivity index (χ1n) is 6.78. The Morgan fingerprint density at radius 2 is 1.82 bits per heavy atom. The van der Waals surface area contributed by atoms with Gasteiger partial charge in [0.2, 0.25) is 0 Å². The third-order valence-electron chi connectivity index (χ3n) is 3.02. The minimum atomic E-state index is -0.775. The van der Waals surface area contributed by atoms with E-state index in [-0.39, 0.29) is 13.2 Å². The first kappa shape index (κ1) is 16.9. The molecule has 0 fully saturated rings. The smallest absolute Gasteiger partial charge is 0.119 e. The van der Waals surface area contributed by atoms with Gasteiger partial charge in [-0.05, 0) is 36.4 Å². The lowest BCUT2D eigenvalue weighted by Gasteiger charge is -2.11. The van der Waals surface area contributed by atoms with E-state index in [1.165, 1.54) is 0 Å². The SMILES string of the molecule is OCC(O)CNc1ccc(OCc2ccc(Cl)cc2Cl)cc1. The van der Waals surface area contributed by atoms with Crippen molar-refractivity contribution >= 4 is 28.9 Å². The number of hydrogen-bond donors (Lipinski definition) is 3. The van der Waals surface area contributed by atoms with Crippen LogP contribution in [0.15, 0.2) is 42.5 Å². The van der Waals surface area contributed by atoms with E-state index >= 15 is 0 Å². The Morgan fingerprint density at radius 3 is 2.45 bits per heavy atom. The van der Waals surface area contributed by atoms with Gasteiger partial charge in [0.1, 0.15) is 12.4 Å². The standard InChI is InChI=1S/C16H17Cl2NO3/c17-12-2-1-11(16(18)7-12)10-22-15-5-3-13(4-6-15)19-8-14(21)9-20/h1-7,14,19-21H,8-10H2. The van der Waals surface area contributed by atoms with Crippen molar-refractivity contribution in [3.63, 3.8) is 0 Å². The van der Waals surface area contributed by atoms with Crippen LogP contribution in [-0.4, -0.2) is 29.5 Å². The highest BCUT2D eigenvalue weighted by Gasteiger charge is 2.04. The van der Waals surface area contributed by atoms with E-state index in [9.17, 15) is 5.11 Å². The molecule has 2 aromatic carbocycles. The second-order valence-electron chi connectivity index (χ2n) is 4.77. The molecule has 0 aromatic heterocycles. The van der Waals surface area contributed by atoms with Crippen LogP contribution in [0.4, 0.5) is 5.69 Å². The van der Waals surface area contributed by atoms with Crippen LogP contribution in [0.2, 0.25) is 10.0 Å². The van der Waals surface area contributed by atoms with Crippen LogP contribution < -0.4 is 10.1 Å². The molecule has 6 heteroatoms. The normalized spacial score (nSPS) is 12.0. The van der Waals surface area contributed by atoms with Gasteiger partial charge in [-0.3, -0.25) is 0 Å². The van der Waals surface area contributed by atoms with E-state index in [1.807, 2.05) is 30.3 Å². The highest BCUT2D eigenvalue weighted by atomic mass is 35.5. The maximum atomic E-state index is 9.27. The summed E-state index contributed by atoms with van der Waals surface area (Å²) in [5.41, 5.74) is 1.70. The van der Waals surface area contributed by atoms with Gasteiger partial charge in [-0.15, -0.1) is 0 Å². The third kappa shape index (κ3) is 5.07. The number of aliphatic hydroxyl groups is 2. The van der Waals surface area contributed by atoms with Crippen LogP contribution in [0.1, 0.15) is 5.56 Å². The van der Waals surface area contributed by atoms with Gasteiger partial charge in [-0.1, -0.05) is 29.3 Å². The van der Waals surface area contributed by atoms with Crippen LogP contribution in [0.3, 0.4) is 0 Å². The van der Waals surface area contributed by atoms with Crippen LogP contribution >= 0.6 is 23.2 Å². The van der Waals surface area contributed by atoms with E-state index in [2.05, 4.69) is 5.32 Å². The summed E-state index contributed by atoms with van der Waals surface area (Å²) in [6, 6.07) is 12.6. The summed E-state index contributed by atoms with van der Waals surface area (Å²) in [6.07, 6.45) is -0.775. The van der Waals surface area contributed by atoms with Crippen molar-refractivity contribution in [2.45, 2.75) is 12.7 Å². The van der Waals surface area contributed by atoms with Gasteiger partial charge >= 0.3 is 0 Å². The fourth-order valence-electron chi connectivity index (χ4n) is 1.77. The molecule has 2 rings (SSSR count). The first-order valence-corrected chi connectivity index (χ1v) is 7.53. The summed E-state index contributed by atoms with van der Waals surface area (Å²) in [7, 11) is 0. The molecule has 0 amide bonds. The van der Waals surface area contributed by atoms with Gasteiger partial charge in [-0.2, -0.15) is 0 Å². The Labute approximate surface area is 139 Å². The van der Waals surface area contributed by atoms with Crippen molar-refractivity contribution < 1.29 is 14.9 Å². The molecule has 1 atom stereocenters. The summed E-state index contributed by atoms with van der Waals surface area (Å²) >= 11 is 11.9. The predicted octanol–water partition coefficient (Wildman–Crippen LogP) is 3.34. The molecule has 1 unspecified atom stereocenters. The monoisotopic (exact) mass is 341 g/mol. The molecule has 0 aliphatic heterocycles. The highest BCUT2D eigenvalue weighted by molar-refractivity contribution is 6.35. The molecule has 3 N–H and O–H groups in total. The summed E-state index contributed by atoms with van der Waals surface area (Å²) < 4.78 is 5.67. The fraction of sp³-hybridized carbons (Fsp3) is 0.250. The van der Waals surface area contributed by atoms with Crippen LogP contribution in [0.25, 0.3) is 0 Å². The fourth-order valence-corrected chi connectivity index (χ4v) is 2.23. The van der Waals surface area contributed by atoms with Crippen molar-refractivity contribution in [2.24, 2.45) is 0 Å². The highest BCUT2D eigenvalue weighted by Crippen LogP contribution is 2.23. The van der Waals surface area contributed by atoms with Crippen molar-refractivity contribution in [3.05, 3.63) is 58.1 Å². The number of anilines is 1. The third-order valence-corrected chi connectivity index (χ3v) is 3.60. The largest absolute Gasteiger partial charge is 0.489 e. The molecule has 0 heterocycles. The van der Waals surface area contributed by atoms with Crippen molar-refractivity contribution in [3.8, 4) is 5.75 Å². The second kappa shape index (κ2) is 8.25. The zero-order chi connectivity index (χ0) is 15.9. The number of ether oxygens (including phenoxy) is 1. The minimum absolute atomic E-state index is 0.268. The molecule has 0 spiro atoms. The topological polar surface area (TPSA) is 61.7 Å². The van der Waals surface area contributed by atoms with Gasteiger partial charge in [0.25, 0.3) is 0 Å². The molecule has 0 radical (unpaired) electrons. The Morgan fingerprint density at radius 1 is 1.09 bits per heavy atom. The lowest BCUT2D eigenvalue weighted by Crippen LogP contribution is -2.22. The molecule has 22 heavy (non-hydrogen) atoms. The summed E-state index contributed by atoms with van der Waals surface area (Å²) in [6.45, 7) is 0.374. The molecule has 2 aromatic rings. The number of aliphatic hydroxyl groups excluding tert-OH is 2. The average molecular weight is 342 g/mol. The maximum Gasteiger partial charge on any atom is 0.119 e. The van der Waals surface area contributed by atoms with Crippen LogP contribution in [0, 0.1) is 0 Å². The molecule has 0 aliphatic carbocycles. The molecule has 0 aliphatic rings. The van der Waals surface area contributed by atoms with Crippen LogP contribution in [0.5, 0.6) is 5.75 Å². The van der Waals surface area contributed by atoms with Gasteiger partial charge in [0.05, 0.1) is 12.7 Å². The van der Waals surface area contributed by atoms with Crippen molar-refractivity contribution in [1.82, 2.24) is 0 Å². The number of rotatable bonds is 7. The summed E-state index contributed by atoms with van der Waals surface area (Å²) in [5, 5.41) is 22.2. The van der Waals surface area contributed by atoms with Gasteiger partial charge in [0.15, 0.2) is 0 Å². The average Bonchev–Trinajstić information content (AvgIpc) is 2.52. The Kier molecular flexibility index (Phi) is 6.34. The predicted molar refractivity (Wildman–Crippen MR) is 88.8 cm³/mol. The lowest BCUT2D eigenvalue weighted by molar-refractivity contribution is 0.105. The van der Waals surface area contributed by atoms with E-state index in [1.54, 1.807) is 12.1 Å². The number of hydrogen-bond acceptors (Lipinski definition) is 4. The number of benzene rings is 2. The van der Waals surface area contributed by atoms with E-state index in [0.29, 0.717) is 22.4 Å². The van der Waals surface area contributed by atoms with E-state index < -0.39 is 6.10 Å². The summed E-state index contributed by atoms with van der Waals surface area (Å²) in [4.78, 5) is 0. The molecule has 0 bridgehead atoms. The molecular formula is C16H17Cl2NO3. The maximum absolute atomic E-state index is 9.27. The Bertz CT molecular complexity index is 605. The molecular weight excluding hydrogens is 325 g/mol. The number of halogens is 2. The zero-order valence-electron chi connectivity index (χ0n) is 11.8. The van der Waals surface area contributed by atoms with Crippen molar-refractivity contribution in [2.75, 3.05) is 18.5 Å². The van der Waals surface area contributed by atoms with Gasteiger partial charge in [0, 0.05) is 27.8 Å². The van der Waals surface area contributed by atoms with E-state index in [0.717, 1.165) is 11.3 Å². The van der Waals surface area contributed by atoms with E-state index in [4.69, 9.17) is 33.0 Å². The second-order valence-corrected chi connectivity index (χ2v) is 5.61. The summed E-state index contributed by atoms with van der Waals surface area (Å²) in [5.74, 6) is 0.708. The quantitative estimate of drug-likeness (QED) is 0.722. The molecule has 118 valence electrons. The Hall–Kier alpha value is -1.46. The Balaban J connectivity index is 1.88. The van der Waals surface area contributed by atoms with Crippen LogP contribution in [-0.2, 0) is 6.61 Å². The zero-order valence-corrected chi connectivity index (χ0v) is 13.3. The first-order chi connectivity index (χ1) is 10.6.